The number of aromatic nitrogens is 1. The summed E-state index contributed by atoms with van der Waals surface area (Å²) in [5.41, 5.74) is 3.20. The molecule has 1 N–H and O–H groups in total. The topological polar surface area (TPSA) is 50.2 Å². The molecular formula is C39H45FIrNO2S-. The molecule has 2 heterocycles. The Labute approximate surface area is 285 Å². The van der Waals surface area contributed by atoms with E-state index in [1.807, 2.05) is 58.2 Å². The molecule has 0 bridgehead atoms. The third-order valence-electron chi connectivity index (χ3n) is 8.58. The first-order valence-electron chi connectivity index (χ1n) is 15.8. The number of thiophene rings is 1. The summed E-state index contributed by atoms with van der Waals surface area (Å²) in [6.07, 6.45) is 6.72. The van der Waals surface area contributed by atoms with Gasteiger partial charge in [-0.15, -0.1) is 23.3 Å². The Morgan fingerprint density at radius 3 is 2.16 bits per heavy atom. The maximum Gasteiger partial charge on any atom is 0.162 e. The van der Waals surface area contributed by atoms with Gasteiger partial charge in [-0.05, 0) is 81.6 Å². The molecule has 2 aromatic heterocycles. The minimum Gasteiger partial charge on any atom is -0.512 e. The standard InChI is InChI=1S/C26H21FNS.C13H24O2.Ir/c1-15-12-21-22(26(2,3)4)13-16(14-24(21)29-15)25-20-9-8-19-17(6-5-7-23(19)27)18(20)10-11-28-25;1-5-10(6-2)12(14)9-13(15)11(7-3)8-4;/h5-13H,1-4H3;9-11,14H,5-8H2,1-4H3;/q-1;;/b;12-9-;. The quantitative estimate of drug-likeness (QED) is 0.0736. The average Bonchev–Trinajstić information content (AvgIpc) is 3.37. The van der Waals surface area contributed by atoms with Gasteiger partial charge in [0.05, 0.1) is 5.76 Å². The van der Waals surface area contributed by atoms with E-state index in [1.54, 1.807) is 17.4 Å². The number of ketones is 1. The number of aliphatic hydroxyl groups is 1. The number of aliphatic hydroxyl groups excluding tert-OH is 1. The van der Waals surface area contributed by atoms with Gasteiger partial charge in [0.25, 0.3) is 0 Å². The van der Waals surface area contributed by atoms with Gasteiger partial charge in [-0.3, -0.25) is 4.79 Å². The zero-order chi connectivity index (χ0) is 32.2. The van der Waals surface area contributed by atoms with Crippen molar-refractivity contribution in [1.29, 1.82) is 0 Å². The molecule has 0 amide bonds. The first-order chi connectivity index (χ1) is 20.9. The summed E-state index contributed by atoms with van der Waals surface area (Å²) >= 11 is 1.77. The zero-order valence-electron chi connectivity index (χ0n) is 27.7. The molecule has 0 saturated heterocycles. The van der Waals surface area contributed by atoms with Gasteiger partial charge in [0.15, 0.2) is 5.78 Å². The fourth-order valence-electron chi connectivity index (χ4n) is 5.91. The summed E-state index contributed by atoms with van der Waals surface area (Å²) in [4.78, 5) is 17.7. The first-order valence-corrected chi connectivity index (χ1v) is 16.6. The van der Waals surface area contributed by atoms with Crippen molar-refractivity contribution >= 4 is 48.8 Å². The number of aryl methyl sites for hydroxylation is 1. The molecule has 5 rings (SSSR count). The number of carbonyl (C=O) groups is 1. The predicted octanol–water partition coefficient (Wildman–Crippen LogP) is 11.7. The molecule has 3 aromatic carbocycles. The van der Waals surface area contributed by atoms with Gasteiger partial charge in [0, 0.05) is 49.6 Å². The SMILES string of the molecule is CCC(CC)C(=O)/C=C(\O)C(CC)CC.Cc1cc2c(C(C)(C)C)cc(-c3nccc4c3ccc3c(F)cccc34)[c-]c2s1.[Ir]. The van der Waals surface area contributed by atoms with E-state index in [9.17, 15) is 14.3 Å². The average molecular weight is 803 g/mol. The number of nitrogens with zero attached hydrogens (tertiary/aromatic N) is 1. The Morgan fingerprint density at radius 2 is 1.53 bits per heavy atom. The van der Waals surface area contributed by atoms with Crippen molar-refractivity contribution in [2.75, 3.05) is 0 Å². The molecule has 3 nitrogen and oxygen atoms in total. The molecule has 0 aliphatic heterocycles. The summed E-state index contributed by atoms with van der Waals surface area (Å²) in [7, 11) is 0. The number of allylic oxidation sites excluding steroid dienone is 2. The molecule has 0 aliphatic carbocycles. The molecule has 0 atom stereocenters. The van der Waals surface area contributed by atoms with Crippen LogP contribution in [-0.2, 0) is 30.3 Å². The van der Waals surface area contributed by atoms with Crippen molar-refractivity contribution in [3.05, 3.63) is 88.9 Å². The van der Waals surface area contributed by atoms with E-state index >= 15 is 0 Å². The van der Waals surface area contributed by atoms with Crippen molar-refractivity contribution in [3.63, 3.8) is 0 Å². The van der Waals surface area contributed by atoms with Crippen LogP contribution in [0.15, 0.2) is 66.6 Å². The number of fused-ring (bicyclic) bond motifs is 4. The molecule has 0 aliphatic rings. The van der Waals surface area contributed by atoms with E-state index in [-0.39, 0.29) is 54.7 Å². The van der Waals surface area contributed by atoms with Crippen molar-refractivity contribution < 1.29 is 34.4 Å². The second-order valence-corrected chi connectivity index (χ2v) is 13.9. The van der Waals surface area contributed by atoms with Crippen molar-refractivity contribution in [1.82, 2.24) is 4.98 Å². The molecule has 0 spiro atoms. The van der Waals surface area contributed by atoms with Crippen LogP contribution < -0.4 is 0 Å². The van der Waals surface area contributed by atoms with E-state index in [0.29, 0.717) is 5.39 Å². The summed E-state index contributed by atoms with van der Waals surface area (Å²) < 4.78 is 15.4. The monoisotopic (exact) mass is 803 g/mol. The molecule has 0 fully saturated rings. The summed E-state index contributed by atoms with van der Waals surface area (Å²) in [6.45, 7) is 16.9. The molecule has 0 unspecified atom stereocenters. The first kappa shape index (κ1) is 36.5. The molecule has 0 saturated carbocycles. The normalized spacial score (nSPS) is 12.1. The fourth-order valence-corrected chi connectivity index (χ4v) is 6.85. The molecule has 5 aromatic rings. The van der Waals surface area contributed by atoms with Crippen LogP contribution in [0.3, 0.4) is 0 Å². The van der Waals surface area contributed by atoms with Crippen molar-refractivity contribution in [2.24, 2.45) is 11.8 Å². The largest absolute Gasteiger partial charge is 0.512 e. The van der Waals surface area contributed by atoms with Gasteiger partial charge in [-0.1, -0.05) is 84.2 Å². The second-order valence-electron chi connectivity index (χ2n) is 12.6. The predicted molar refractivity (Wildman–Crippen MR) is 186 cm³/mol. The Hall–Kier alpha value is -2.92. The number of carbonyl (C=O) groups excluding carboxylic acids is 1. The molecular weight excluding hydrogens is 758 g/mol. The van der Waals surface area contributed by atoms with E-state index in [4.69, 9.17) is 4.98 Å². The van der Waals surface area contributed by atoms with Gasteiger partial charge in [0.1, 0.15) is 5.82 Å². The van der Waals surface area contributed by atoms with Gasteiger partial charge in [-0.25, -0.2) is 4.39 Å². The number of benzene rings is 3. The van der Waals surface area contributed by atoms with Crippen molar-refractivity contribution in [2.45, 2.75) is 86.5 Å². The number of hydrogen-bond acceptors (Lipinski definition) is 4. The minimum atomic E-state index is -0.195. The fraction of sp³-hybridized carbons (Fsp3) is 0.385. The molecule has 6 heteroatoms. The number of hydrogen-bond donors (Lipinski definition) is 1. The van der Waals surface area contributed by atoms with E-state index in [1.165, 1.54) is 28.0 Å². The number of halogens is 1. The van der Waals surface area contributed by atoms with Crippen molar-refractivity contribution in [3.8, 4) is 11.3 Å². The van der Waals surface area contributed by atoms with Crippen LogP contribution in [0.2, 0.25) is 0 Å². The van der Waals surface area contributed by atoms with Gasteiger partial charge in [0.2, 0.25) is 0 Å². The third kappa shape index (κ3) is 8.09. The summed E-state index contributed by atoms with van der Waals surface area (Å²) in [5.74, 6) is 0.353. The summed E-state index contributed by atoms with van der Waals surface area (Å²) in [5, 5.41) is 14.6. The molecule has 241 valence electrons. The Balaban J connectivity index is 0.000000297. The van der Waals surface area contributed by atoms with Crippen LogP contribution >= 0.6 is 11.3 Å². The van der Waals surface area contributed by atoms with Gasteiger partial charge >= 0.3 is 0 Å². The van der Waals surface area contributed by atoms with E-state index in [2.05, 4.69) is 45.9 Å². The van der Waals surface area contributed by atoms with Crippen LogP contribution in [0.25, 0.3) is 42.9 Å². The van der Waals surface area contributed by atoms with Crippen LogP contribution in [0.4, 0.5) is 4.39 Å². The Bertz CT molecular complexity index is 1810. The smallest absolute Gasteiger partial charge is 0.162 e. The summed E-state index contributed by atoms with van der Waals surface area (Å²) in [6, 6.07) is 19.2. The Morgan fingerprint density at radius 1 is 0.911 bits per heavy atom. The molecule has 1 radical (unpaired) electrons. The van der Waals surface area contributed by atoms with Gasteiger partial charge in [-0.2, -0.15) is 11.3 Å². The Kier molecular flexibility index (Phi) is 12.7. The van der Waals surface area contributed by atoms with Crippen LogP contribution in [-0.4, -0.2) is 15.9 Å². The maximum atomic E-state index is 14.3. The molecule has 45 heavy (non-hydrogen) atoms. The maximum absolute atomic E-state index is 14.3. The van der Waals surface area contributed by atoms with Crippen LogP contribution in [0.1, 0.15) is 84.6 Å². The minimum absolute atomic E-state index is 0. The zero-order valence-corrected chi connectivity index (χ0v) is 30.9. The van der Waals surface area contributed by atoms with E-state index < -0.39 is 0 Å². The van der Waals surface area contributed by atoms with Crippen LogP contribution in [0, 0.1) is 30.6 Å². The second kappa shape index (κ2) is 15.6. The van der Waals surface area contributed by atoms with E-state index in [0.717, 1.165) is 57.8 Å². The van der Waals surface area contributed by atoms with Crippen LogP contribution in [0.5, 0.6) is 0 Å². The number of pyridine rings is 1. The van der Waals surface area contributed by atoms with Gasteiger partial charge < -0.3 is 10.1 Å². The third-order valence-corrected chi connectivity index (χ3v) is 9.54. The number of rotatable bonds is 8.